The molecule has 3 rings (SSSR count). The summed E-state index contributed by atoms with van der Waals surface area (Å²) in [6.07, 6.45) is 6.44. The molecule has 1 heterocycles. The van der Waals surface area contributed by atoms with Crippen LogP contribution in [-0.4, -0.2) is 22.5 Å². The molecular weight excluding hydrogens is 247 g/mol. The molecule has 94 valence electrons. The van der Waals surface area contributed by atoms with Crippen LogP contribution in [0.25, 0.3) is 10.9 Å². The van der Waals surface area contributed by atoms with E-state index in [4.69, 9.17) is 0 Å². The minimum absolute atomic E-state index is 0.241. The number of pyridine rings is 1. The van der Waals surface area contributed by atoms with Crippen molar-refractivity contribution in [3.05, 3.63) is 36.3 Å². The van der Waals surface area contributed by atoms with Gasteiger partial charge in [0, 0.05) is 34.6 Å². The van der Waals surface area contributed by atoms with Gasteiger partial charge in [-0.05, 0) is 37.3 Å². The van der Waals surface area contributed by atoms with Crippen molar-refractivity contribution < 1.29 is 4.39 Å². The Balaban J connectivity index is 1.87. The highest BCUT2D eigenvalue weighted by Gasteiger charge is 2.41. The highest BCUT2D eigenvalue weighted by atomic mass is 32.2. The number of rotatable bonds is 4. The SMILES string of the molecule is CSC1(CNc2ccnc3cc(F)ccc23)CC1. The number of hydrogen-bond donors (Lipinski definition) is 1. The molecule has 0 bridgehead atoms. The Hall–Kier alpha value is -1.29. The average Bonchev–Trinajstić information content (AvgIpc) is 3.16. The molecule has 1 saturated carbocycles. The third-order valence-electron chi connectivity index (χ3n) is 3.55. The second-order valence-corrected chi connectivity index (χ2v) is 6.03. The van der Waals surface area contributed by atoms with Gasteiger partial charge >= 0.3 is 0 Å². The van der Waals surface area contributed by atoms with Crippen LogP contribution in [0.3, 0.4) is 0 Å². The van der Waals surface area contributed by atoms with Crippen LogP contribution in [0.4, 0.5) is 10.1 Å². The molecule has 0 amide bonds. The summed E-state index contributed by atoms with van der Waals surface area (Å²) in [5, 5.41) is 4.46. The monoisotopic (exact) mass is 262 g/mol. The van der Waals surface area contributed by atoms with E-state index in [9.17, 15) is 4.39 Å². The van der Waals surface area contributed by atoms with Crippen LogP contribution in [0.2, 0.25) is 0 Å². The molecule has 0 unspecified atom stereocenters. The van der Waals surface area contributed by atoms with E-state index in [1.54, 1.807) is 12.3 Å². The van der Waals surface area contributed by atoms with Crippen molar-refractivity contribution in [3.63, 3.8) is 0 Å². The highest BCUT2D eigenvalue weighted by Crippen LogP contribution is 2.47. The zero-order valence-electron chi connectivity index (χ0n) is 10.2. The first-order valence-corrected chi connectivity index (χ1v) is 7.28. The smallest absolute Gasteiger partial charge is 0.125 e. The summed E-state index contributed by atoms with van der Waals surface area (Å²) >= 11 is 1.93. The number of nitrogens with zero attached hydrogens (tertiary/aromatic N) is 1. The summed E-state index contributed by atoms with van der Waals surface area (Å²) in [6.45, 7) is 0.963. The van der Waals surface area contributed by atoms with E-state index >= 15 is 0 Å². The maximum Gasteiger partial charge on any atom is 0.125 e. The Morgan fingerprint density at radius 1 is 1.39 bits per heavy atom. The summed E-state index contributed by atoms with van der Waals surface area (Å²) in [7, 11) is 0. The average molecular weight is 262 g/mol. The van der Waals surface area contributed by atoms with Crippen molar-refractivity contribution in [2.75, 3.05) is 18.1 Å². The Labute approximate surface area is 110 Å². The number of fused-ring (bicyclic) bond motifs is 1. The van der Waals surface area contributed by atoms with E-state index in [-0.39, 0.29) is 5.82 Å². The molecule has 1 aliphatic carbocycles. The van der Waals surface area contributed by atoms with Gasteiger partial charge in [-0.1, -0.05) is 0 Å². The Morgan fingerprint density at radius 3 is 2.94 bits per heavy atom. The first kappa shape index (κ1) is 11.8. The number of aromatic nitrogens is 1. The Kier molecular flexibility index (Phi) is 2.90. The fourth-order valence-corrected chi connectivity index (χ4v) is 2.85. The molecule has 0 spiro atoms. The summed E-state index contributed by atoms with van der Waals surface area (Å²) in [5.41, 5.74) is 1.74. The van der Waals surface area contributed by atoms with Crippen molar-refractivity contribution in [2.45, 2.75) is 17.6 Å². The molecule has 1 aliphatic rings. The lowest BCUT2D eigenvalue weighted by atomic mass is 10.2. The van der Waals surface area contributed by atoms with Gasteiger partial charge in [-0.25, -0.2) is 4.39 Å². The lowest BCUT2D eigenvalue weighted by Gasteiger charge is -2.15. The zero-order valence-corrected chi connectivity index (χ0v) is 11.1. The molecule has 1 aromatic carbocycles. The second kappa shape index (κ2) is 4.43. The summed E-state index contributed by atoms with van der Waals surface area (Å²) in [6, 6.07) is 6.70. The third-order valence-corrected chi connectivity index (χ3v) is 4.97. The quantitative estimate of drug-likeness (QED) is 0.909. The Morgan fingerprint density at radius 2 is 2.22 bits per heavy atom. The maximum absolute atomic E-state index is 13.1. The molecule has 0 radical (unpaired) electrons. The number of hydrogen-bond acceptors (Lipinski definition) is 3. The molecule has 0 saturated heterocycles. The van der Waals surface area contributed by atoms with Crippen molar-refractivity contribution in [3.8, 4) is 0 Å². The van der Waals surface area contributed by atoms with Crippen LogP contribution in [0, 0.1) is 5.82 Å². The molecular formula is C14H15FN2S. The van der Waals surface area contributed by atoms with Crippen LogP contribution < -0.4 is 5.32 Å². The van der Waals surface area contributed by atoms with Gasteiger partial charge in [-0.2, -0.15) is 11.8 Å². The summed E-state index contributed by atoms with van der Waals surface area (Å²) in [4.78, 5) is 4.20. The maximum atomic E-state index is 13.1. The number of benzene rings is 1. The summed E-state index contributed by atoms with van der Waals surface area (Å²) < 4.78 is 13.6. The largest absolute Gasteiger partial charge is 0.383 e. The van der Waals surface area contributed by atoms with Gasteiger partial charge < -0.3 is 5.32 Å². The third kappa shape index (κ3) is 2.17. The minimum Gasteiger partial charge on any atom is -0.383 e. The van der Waals surface area contributed by atoms with Gasteiger partial charge in [0.15, 0.2) is 0 Å². The van der Waals surface area contributed by atoms with E-state index < -0.39 is 0 Å². The molecule has 2 aromatic rings. The molecule has 2 nitrogen and oxygen atoms in total. The van der Waals surface area contributed by atoms with Crippen LogP contribution in [0.15, 0.2) is 30.5 Å². The van der Waals surface area contributed by atoms with Crippen LogP contribution in [0.5, 0.6) is 0 Å². The lowest BCUT2D eigenvalue weighted by Crippen LogP contribution is -2.17. The number of nitrogens with one attached hydrogen (secondary N) is 1. The molecule has 4 heteroatoms. The van der Waals surface area contributed by atoms with E-state index in [1.807, 2.05) is 17.8 Å². The van der Waals surface area contributed by atoms with Crippen LogP contribution in [-0.2, 0) is 0 Å². The molecule has 1 fully saturated rings. The lowest BCUT2D eigenvalue weighted by molar-refractivity contribution is 0.629. The molecule has 0 atom stereocenters. The Bertz CT molecular complexity index is 581. The van der Waals surface area contributed by atoms with Crippen molar-refractivity contribution in [1.82, 2.24) is 4.98 Å². The first-order valence-electron chi connectivity index (χ1n) is 6.06. The first-order chi connectivity index (χ1) is 8.72. The van der Waals surface area contributed by atoms with Crippen molar-refractivity contribution in [1.29, 1.82) is 0 Å². The van der Waals surface area contributed by atoms with Crippen LogP contribution >= 0.6 is 11.8 Å². The molecule has 1 aromatic heterocycles. The topological polar surface area (TPSA) is 24.9 Å². The van der Waals surface area contributed by atoms with Gasteiger partial charge in [-0.3, -0.25) is 4.98 Å². The molecule has 1 N–H and O–H groups in total. The van der Waals surface area contributed by atoms with Crippen molar-refractivity contribution >= 4 is 28.4 Å². The van der Waals surface area contributed by atoms with E-state index in [0.717, 1.165) is 17.6 Å². The number of thioether (sulfide) groups is 1. The van der Waals surface area contributed by atoms with Crippen LogP contribution in [0.1, 0.15) is 12.8 Å². The number of halogens is 1. The predicted octanol–water partition coefficient (Wildman–Crippen LogP) is 3.68. The fraction of sp³-hybridized carbons (Fsp3) is 0.357. The van der Waals surface area contributed by atoms with Gasteiger partial charge in [0.2, 0.25) is 0 Å². The standard InChI is InChI=1S/C14H15FN2S/c1-18-14(5-6-14)9-17-12-4-7-16-13-8-10(15)2-3-11(12)13/h2-4,7-8H,5-6,9H2,1H3,(H,16,17). The predicted molar refractivity (Wildman–Crippen MR) is 75.7 cm³/mol. The van der Waals surface area contributed by atoms with Crippen molar-refractivity contribution in [2.24, 2.45) is 0 Å². The van der Waals surface area contributed by atoms with E-state index in [0.29, 0.717) is 10.3 Å². The second-order valence-electron chi connectivity index (χ2n) is 4.76. The van der Waals surface area contributed by atoms with Gasteiger partial charge in [0.05, 0.1) is 5.52 Å². The number of anilines is 1. The normalized spacial score (nSPS) is 16.8. The minimum atomic E-state index is -0.241. The molecule has 0 aliphatic heterocycles. The van der Waals surface area contributed by atoms with Gasteiger partial charge in [-0.15, -0.1) is 0 Å². The van der Waals surface area contributed by atoms with Gasteiger partial charge in [0.1, 0.15) is 5.82 Å². The van der Waals surface area contributed by atoms with E-state index in [2.05, 4.69) is 16.6 Å². The van der Waals surface area contributed by atoms with E-state index in [1.165, 1.54) is 25.0 Å². The fourth-order valence-electron chi connectivity index (χ4n) is 2.12. The summed E-state index contributed by atoms with van der Waals surface area (Å²) in [5.74, 6) is -0.241. The highest BCUT2D eigenvalue weighted by molar-refractivity contribution is 8.00. The van der Waals surface area contributed by atoms with Gasteiger partial charge in [0.25, 0.3) is 0 Å². The zero-order chi connectivity index (χ0) is 12.6. The molecule has 18 heavy (non-hydrogen) atoms.